The summed E-state index contributed by atoms with van der Waals surface area (Å²) in [5.41, 5.74) is 2.45. The summed E-state index contributed by atoms with van der Waals surface area (Å²) in [7, 11) is 1.43. The molecule has 1 aliphatic heterocycles. The van der Waals surface area contributed by atoms with Crippen molar-refractivity contribution in [3.8, 4) is 0 Å². The van der Waals surface area contributed by atoms with Crippen LogP contribution in [-0.4, -0.2) is 43.5 Å². The van der Waals surface area contributed by atoms with Crippen LogP contribution in [0.1, 0.15) is 50.8 Å². The van der Waals surface area contributed by atoms with Crippen LogP contribution in [0.3, 0.4) is 0 Å². The number of carbonyl (C=O) groups excluding carboxylic acids is 2. The largest absolute Gasteiger partial charge is 0.469 e. The molecule has 0 aromatic heterocycles. The van der Waals surface area contributed by atoms with Crippen molar-refractivity contribution in [1.82, 2.24) is 10.2 Å². The highest BCUT2D eigenvalue weighted by Crippen LogP contribution is 2.19. The second-order valence-electron chi connectivity index (χ2n) is 7.70. The zero-order valence-corrected chi connectivity index (χ0v) is 16.5. The number of nitrogens with one attached hydrogen (secondary N) is 1. The molecule has 5 nitrogen and oxygen atoms in total. The predicted octanol–water partition coefficient (Wildman–Crippen LogP) is 2.95. The highest BCUT2D eigenvalue weighted by molar-refractivity contribution is 5.78. The molecule has 0 bridgehead atoms. The van der Waals surface area contributed by atoms with Crippen molar-refractivity contribution in [2.24, 2.45) is 11.8 Å². The van der Waals surface area contributed by atoms with Crippen LogP contribution >= 0.6 is 0 Å². The number of esters is 1. The second kappa shape index (κ2) is 9.72. The van der Waals surface area contributed by atoms with Crippen LogP contribution in [0.15, 0.2) is 24.3 Å². The third kappa shape index (κ3) is 6.13. The monoisotopic (exact) mass is 360 g/mol. The molecule has 1 heterocycles. The predicted molar refractivity (Wildman–Crippen MR) is 103 cm³/mol. The van der Waals surface area contributed by atoms with Gasteiger partial charge in [-0.1, -0.05) is 38.1 Å². The third-order valence-electron chi connectivity index (χ3n) is 4.99. The Morgan fingerprint density at radius 1 is 1.15 bits per heavy atom. The van der Waals surface area contributed by atoms with Crippen LogP contribution < -0.4 is 5.32 Å². The molecule has 144 valence electrons. The van der Waals surface area contributed by atoms with Crippen LogP contribution in [0.2, 0.25) is 0 Å². The van der Waals surface area contributed by atoms with Crippen molar-refractivity contribution in [2.75, 3.05) is 26.7 Å². The van der Waals surface area contributed by atoms with Crippen LogP contribution in [0.5, 0.6) is 0 Å². The van der Waals surface area contributed by atoms with Gasteiger partial charge in [-0.25, -0.2) is 0 Å². The number of hydrogen-bond acceptors (Lipinski definition) is 4. The van der Waals surface area contributed by atoms with E-state index in [-0.39, 0.29) is 23.8 Å². The van der Waals surface area contributed by atoms with Crippen LogP contribution in [0, 0.1) is 11.8 Å². The molecule has 1 amide bonds. The zero-order chi connectivity index (χ0) is 19.1. The van der Waals surface area contributed by atoms with E-state index in [2.05, 4.69) is 48.3 Å². The van der Waals surface area contributed by atoms with Gasteiger partial charge in [-0.2, -0.15) is 0 Å². The van der Waals surface area contributed by atoms with Gasteiger partial charge in [0.2, 0.25) is 5.91 Å². The molecule has 0 saturated carbocycles. The number of nitrogens with zero attached hydrogens (tertiary/aromatic N) is 1. The molecule has 0 radical (unpaired) electrons. The minimum absolute atomic E-state index is 0.0109. The van der Waals surface area contributed by atoms with Gasteiger partial charge in [0.15, 0.2) is 0 Å². The first-order valence-electron chi connectivity index (χ1n) is 9.57. The van der Waals surface area contributed by atoms with Crippen molar-refractivity contribution in [3.63, 3.8) is 0 Å². The number of ether oxygens (including phenoxy) is 1. The van der Waals surface area contributed by atoms with Gasteiger partial charge < -0.3 is 10.1 Å². The van der Waals surface area contributed by atoms with Gasteiger partial charge in [0.05, 0.1) is 25.6 Å². The van der Waals surface area contributed by atoms with Crippen molar-refractivity contribution < 1.29 is 14.3 Å². The lowest BCUT2D eigenvalue weighted by Crippen LogP contribution is -2.43. The maximum Gasteiger partial charge on any atom is 0.308 e. The number of methoxy groups -OCH3 is 1. The molecule has 1 fully saturated rings. The SMILES string of the molecule is COC(=O)C1CCN(CC(=O)NC(C)c2ccc(CC(C)C)cc2)CC1. The lowest BCUT2D eigenvalue weighted by molar-refractivity contribution is -0.147. The third-order valence-corrected chi connectivity index (χ3v) is 4.99. The number of likely N-dealkylation sites (tertiary alicyclic amines) is 1. The molecule has 5 heteroatoms. The standard InChI is InChI=1S/C21H32N2O3/c1-15(2)13-17-5-7-18(8-6-17)16(3)22-20(24)14-23-11-9-19(10-12-23)21(25)26-4/h5-8,15-16,19H,9-14H2,1-4H3,(H,22,24). The Hall–Kier alpha value is -1.88. The lowest BCUT2D eigenvalue weighted by Gasteiger charge is -2.30. The first-order chi connectivity index (χ1) is 12.4. The van der Waals surface area contributed by atoms with Crippen molar-refractivity contribution in [2.45, 2.75) is 46.1 Å². The van der Waals surface area contributed by atoms with Crippen molar-refractivity contribution in [3.05, 3.63) is 35.4 Å². The summed E-state index contributed by atoms with van der Waals surface area (Å²) in [4.78, 5) is 26.0. The Morgan fingerprint density at radius 3 is 2.31 bits per heavy atom. The van der Waals surface area contributed by atoms with E-state index < -0.39 is 0 Å². The highest BCUT2D eigenvalue weighted by Gasteiger charge is 2.26. The Bertz CT molecular complexity index is 590. The normalized spacial score (nSPS) is 17.1. The molecule has 0 spiro atoms. The Balaban J connectivity index is 1.78. The molecule has 1 aromatic rings. The van der Waals surface area contributed by atoms with Gasteiger partial charge in [0.1, 0.15) is 0 Å². The molecule has 1 aromatic carbocycles. The number of rotatable bonds is 7. The minimum atomic E-state index is -0.136. The first kappa shape index (κ1) is 20.4. The summed E-state index contributed by atoms with van der Waals surface area (Å²) in [6, 6.07) is 8.49. The van der Waals surface area contributed by atoms with Crippen LogP contribution in [-0.2, 0) is 20.7 Å². The summed E-state index contributed by atoms with van der Waals surface area (Å²) >= 11 is 0. The number of carbonyl (C=O) groups is 2. The zero-order valence-electron chi connectivity index (χ0n) is 16.5. The summed E-state index contributed by atoms with van der Waals surface area (Å²) in [5.74, 6) is 0.507. The average molecular weight is 360 g/mol. The molecule has 1 unspecified atom stereocenters. The van der Waals surface area contributed by atoms with Crippen LogP contribution in [0.4, 0.5) is 0 Å². The summed E-state index contributed by atoms with van der Waals surface area (Å²) < 4.78 is 4.80. The van der Waals surface area contributed by atoms with Gasteiger partial charge in [-0.05, 0) is 56.3 Å². The fourth-order valence-corrected chi connectivity index (χ4v) is 3.48. The van der Waals surface area contributed by atoms with Gasteiger partial charge in [-0.3, -0.25) is 14.5 Å². The van der Waals surface area contributed by atoms with Gasteiger partial charge >= 0.3 is 5.97 Å². The fraction of sp³-hybridized carbons (Fsp3) is 0.619. The van der Waals surface area contributed by atoms with Gasteiger partial charge in [0.25, 0.3) is 0 Å². The summed E-state index contributed by atoms with van der Waals surface area (Å²) in [6.45, 7) is 8.33. The average Bonchev–Trinajstić information content (AvgIpc) is 2.61. The molecule has 1 N–H and O–H groups in total. The van der Waals surface area contributed by atoms with Crippen LogP contribution in [0.25, 0.3) is 0 Å². The van der Waals surface area contributed by atoms with E-state index >= 15 is 0 Å². The molecule has 1 atom stereocenters. The van der Waals surface area contributed by atoms with E-state index in [1.54, 1.807) is 0 Å². The molecular weight excluding hydrogens is 328 g/mol. The maximum absolute atomic E-state index is 12.3. The van der Waals surface area contributed by atoms with Gasteiger partial charge in [0, 0.05) is 0 Å². The Kier molecular flexibility index (Phi) is 7.64. The minimum Gasteiger partial charge on any atom is -0.469 e. The molecule has 1 saturated heterocycles. The van der Waals surface area contributed by atoms with E-state index in [0.717, 1.165) is 37.9 Å². The van der Waals surface area contributed by atoms with E-state index in [4.69, 9.17) is 4.74 Å². The number of benzene rings is 1. The fourth-order valence-electron chi connectivity index (χ4n) is 3.48. The van der Waals surface area contributed by atoms with E-state index in [0.29, 0.717) is 12.5 Å². The second-order valence-corrected chi connectivity index (χ2v) is 7.70. The smallest absolute Gasteiger partial charge is 0.308 e. The maximum atomic E-state index is 12.3. The first-order valence-corrected chi connectivity index (χ1v) is 9.57. The number of piperidine rings is 1. The van der Waals surface area contributed by atoms with E-state index in [9.17, 15) is 9.59 Å². The van der Waals surface area contributed by atoms with Gasteiger partial charge in [-0.15, -0.1) is 0 Å². The number of amides is 1. The summed E-state index contributed by atoms with van der Waals surface area (Å²) in [5, 5.41) is 3.08. The van der Waals surface area contributed by atoms with Crippen molar-refractivity contribution >= 4 is 11.9 Å². The molecular formula is C21H32N2O3. The molecule has 26 heavy (non-hydrogen) atoms. The molecule has 1 aliphatic rings. The highest BCUT2D eigenvalue weighted by atomic mass is 16.5. The Labute approximate surface area is 157 Å². The molecule has 0 aliphatic carbocycles. The summed E-state index contributed by atoms with van der Waals surface area (Å²) in [6.07, 6.45) is 2.59. The Morgan fingerprint density at radius 2 is 1.77 bits per heavy atom. The van der Waals surface area contributed by atoms with E-state index in [1.165, 1.54) is 12.7 Å². The molecule has 2 rings (SSSR count). The number of hydrogen-bond donors (Lipinski definition) is 1. The topological polar surface area (TPSA) is 58.6 Å². The lowest BCUT2D eigenvalue weighted by atomic mass is 9.97. The van der Waals surface area contributed by atoms with E-state index in [1.807, 2.05) is 6.92 Å². The van der Waals surface area contributed by atoms with Crippen molar-refractivity contribution in [1.29, 1.82) is 0 Å². The quantitative estimate of drug-likeness (QED) is 0.760.